The summed E-state index contributed by atoms with van der Waals surface area (Å²) in [5.41, 5.74) is 3.47. The third-order valence-electron chi connectivity index (χ3n) is 3.97. The number of nitrogens with zero attached hydrogens (tertiary/aromatic N) is 1. The molecule has 0 aliphatic rings. The second kappa shape index (κ2) is 6.96. The summed E-state index contributed by atoms with van der Waals surface area (Å²) in [6.07, 6.45) is 0. The number of aryl methyl sites for hydroxylation is 1. The summed E-state index contributed by atoms with van der Waals surface area (Å²) in [6.45, 7) is 7.10. The van der Waals surface area contributed by atoms with Gasteiger partial charge in [-0.15, -0.1) is 0 Å². The van der Waals surface area contributed by atoms with Crippen LogP contribution in [-0.2, 0) is 11.3 Å². The van der Waals surface area contributed by atoms with E-state index in [0.717, 1.165) is 16.5 Å². The monoisotopic (exact) mass is 316 g/mol. The molecule has 0 aliphatic carbocycles. The first-order valence-corrected chi connectivity index (χ1v) is 7.78. The normalized spacial score (nSPS) is 11.4. The van der Waals surface area contributed by atoms with E-state index in [-0.39, 0.29) is 18.1 Å². The van der Waals surface area contributed by atoms with Gasteiger partial charge in [-0.25, -0.2) is 4.79 Å². The van der Waals surface area contributed by atoms with Gasteiger partial charge in [0.15, 0.2) is 0 Å². The van der Waals surface area contributed by atoms with Crippen LogP contribution in [0.25, 0.3) is 11.0 Å². The van der Waals surface area contributed by atoms with E-state index in [0.29, 0.717) is 18.0 Å². The van der Waals surface area contributed by atoms with Crippen molar-refractivity contribution in [1.29, 1.82) is 0 Å². The Kier molecular flexibility index (Phi) is 5.21. The van der Waals surface area contributed by atoms with Crippen molar-refractivity contribution in [3.63, 3.8) is 0 Å². The summed E-state index contributed by atoms with van der Waals surface area (Å²) in [7, 11) is 3.47. The lowest BCUT2D eigenvalue weighted by Crippen LogP contribution is -2.32. The Labute approximate surface area is 136 Å². The lowest BCUT2D eigenvalue weighted by atomic mass is 9.95. The minimum atomic E-state index is -0.363. The van der Waals surface area contributed by atoms with Crippen LogP contribution in [0, 0.1) is 6.92 Å². The highest BCUT2D eigenvalue weighted by Gasteiger charge is 2.13. The van der Waals surface area contributed by atoms with Crippen LogP contribution >= 0.6 is 0 Å². The highest BCUT2D eigenvalue weighted by atomic mass is 16.4. The maximum absolute atomic E-state index is 11.8. The lowest BCUT2D eigenvalue weighted by Gasteiger charge is -2.18. The summed E-state index contributed by atoms with van der Waals surface area (Å²) in [5.74, 6) is 0.335. The number of benzene rings is 1. The van der Waals surface area contributed by atoms with E-state index in [1.54, 1.807) is 7.05 Å². The van der Waals surface area contributed by atoms with Crippen LogP contribution in [0.2, 0.25) is 0 Å². The van der Waals surface area contributed by atoms with Crippen LogP contribution in [0.1, 0.15) is 36.5 Å². The Bertz CT molecular complexity index is 778. The number of carbonyl (C=O) groups is 1. The molecule has 1 aromatic heterocycles. The first kappa shape index (κ1) is 17.2. The molecule has 0 atom stereocenters. The number of amides is 1. The van der Waals surface area contributed by atoms with E-state index in [9.17, 15) is 9.59 Å². The largest absolute Gasteiger partial charge is 0.423 e. The molecule has 0 fully saturated rings. The molecule has 0 aliphatic heterocycles. The van der Waals surface area contributed by atoms with E-state index >= 15 is 0 Å². The van der Waals surface area contributed by atoms with Crippen molar-refractivity contribution in [1.82, 2.24) is 10.2 Å². The Hall–Kier alpha value is -2.14. The van der Waals surface area contributed by atoms with Crippen molar-refractivity contribution >= 4 is 16.9 Å². The quantitative estimate of drug-likeness (QED) is 0.861. The van der Waals surface area contributed by atoms with Gasteiger partial charge in [-0.3, -0.25) is 9.69 Å². The van der Waals surface area contributed by atoms with Crippen molar-refractivity contribution in [2.45, 2.75) is 33.2 Å². The summed E-state index contributed by atoms with van der Waals surface area (Å²) in [6, 6.07) is 5.54. The van der Waals surface area contributed by atoms with Crippen molar-refractivity contribution in [3.8, 4) is 0 Å². The van der Waals surface area contributed by atoms with Crippen LogP contribution < -0.4 is 10.9 Å². The molecule has 0 radical (unpaired) electrons. The fourth-order valence-corrected chi connectivity index (χ4v) is 2.82. The Morgan fingerprint density at radius 3 is 2.61 bits per heavy atom. The van der Waals surface area contributed by atoms with Crippen molar-refractivity contribution in [2.24, 2.45) is 0 Å². The standard InChI is InChI=1S/C18H24N2O3/c1-11(2)14-8-15-13(9-20(5)10-17(21)19-4)7-18(22)23-16(15)6-12(14)3/h6-8,11H,9-10H2,1-5H3,(H,19,21). The molecule has 0 saturated carbocycles. The second-order valence-electron chi connectivity index (χ2n) is 6.30. The van der Waals surface area contributed by atoms with Gasteiger partial charge >= 0.3 is 5.63 Å². The van der Waals surface area contributed by atoms with Gasteiger partial charge in [0.1, 0.15) is 5.58 Å². The predicted octanol–water partition coefficient (Wildman–Crippen LogP) is 2.40. The van der Waals surface area contributed by atoms with E-state index < -0.39 is 0 Å². The molecule has 5 nitrogen and oxygen atoms in total. The van der Waals surface area contributed by atoms with Crippen molar-refractivity contribution in [2.75, 3.05) is 20.6 Å². The Balaban J connectivity index is 2.47. The number of fused-ring (bicyclic) bond motifs is 1. The molecule has 2 rings (SSSR count). The fourth-order valence-electron chi connectivity index (χ4n) is 2.82. The fraction of sp³-hybridized carbons (Fsp3) is 0.444. The maximum Gasteiger partial charge on any atom is 0.336 e. The van der Waals surface area contributed by atoms with Crippen LogP contribution in [-0.4, -0.2) is 31.4 Å². The Morgan fingerprint density at radius 2 is 2.00 bits per heavy atom. The van der Waals surface area contributed by atoms with Crippen molar-refractivity contribution < 1.29 is 9.21 Å². The minimum Gasteiger partial charge on any atom is -0.423 e. The number of nitrogens with one attached hydrogen (secondary N) is 1. The minimum absolute atomic E-state index is 0.0570. The lowest BCUT2D eigenvalue weighted by molar-refractivity contribution is -0.121. The Morgan fingerprint density at radius 1 is 1.30 bits per heavy atom. The van der Waals surface area contributed by atoms with E-state index in [1.165, 1.54) is 11.6 Å². The first-order chi connectivity index (χ1) is 10.8. The van der Waals surface area contributed by atoms with Gasteiger partial charge < -0.3 is 9.73 Å². The average molecular weight is 316 g/mol. The zero-order valence-corrected chi connectivity index (χ0v) is 14.4. The molecule has 1 heterocycles. The number of hydrogen-bond acceptors (Lipinski definition) is 4. The molecule has 1 N–H and O–H groups in total. The molecule has 0 bridgehead atoms. The molecule has 2 aromatic rings. The third-order valence-corrected chi connectivity index (χ3v) is 3.97. The first-order valence-electron chi connectivity index (χ1n) is 7.78. The maximum atomic E-state index is 11.8. The number of likely N-dealkylation sites (N-methyl/N-ethyl adjacent to an activating group) is 2. The van der Waals surface area contributed by atoms with Crippen molar-refractivity contribution in [3.05, 3.63) is 45.3 Å². The van der Waals surface area contributed by atoms with Gasteiger partial charge in [-0.2, -0.15) is 0 Å². The van der Waals surface area contributed by atoms with E-state index in [1.807, 2.05) is 24.9 Å². The van der Waals surface area contributed by atoms with E-state index in [4.69, 9.17) is 4.42 Å². The molecule has 1 aromatic carbocycles. The third kappa shape index (κ3) is 3.99. The smallest absolute Gasteiger partial charge is 0.336 e. The zero-order chi connectivity index (χ0) is 17.1. The average Bonchev–Trinajstić information content (AvgIpc) is 2.45. The number of hydrogen-bond donors (Lipinski definition) is 1. The molecule has 0 spiro atoms. The van der Waals surface area contributed by atoms with Crippen LogP contribution in [0.3, 0.4) is 0 Å². The second-order valence-corrected chi connectivity index (χ2v) is 6.30. The molecule has 124 valence electrons. The summed E-state index contributed by atoms with van der Waals surface area (Å²) in [5, 5.41) is 3.53. The van der Waals surface area contributed by atoms with Gasteiger partial charge in [0.2, 0.25) is 5.91 Å². The number of carbonyl (C=O) groups excluding carboxylic acids is 1. The van der Waals surface area contributed by atoms with Crippen LogP contribution in [0.4, 0.5) is 0 Å². The highest BCUT2D eigenvalue weighted by Crippen LogP contribution is 2.27. The molecule has 23 heavy (non-hydrogen) atoms. The van der Waals surface area contributed by atoms with Gasteiger partial charge in [0.05, 0.1) is 6.54 Å². The molecule has 0 saturated heterocycles. The summed E-state index contributed by atoms with van der Waals surface area (Å²) >= 11 is 0. The molecule has 5 heteroatoms. The van der Waals surface area contributed by atoms with Crippen LogP contribution in [0.15, 0.2) is 27.4 Å². The van der Waals surface area contributed by atoms with Gasteiger partial charge in [0, 0.05) is 25.0 Å². The zero-order valence-electron chi connectivity index (χ0n) is 14.4. The SMILES string of the molecule is CNC(=O)CN(C)Cc1cc(=O)oc2cc(C)c(C(C)C)cc12. The summed E-state index contributed by atoms with van der Waals surface area (Å²) in [4.78, 5) is 25.2. The predicted molar refractivity (Wildman–Crippen MR) is 91.7 cm³/mol. The molecule has 1 amide bonds. The van der Waals surface area contributed by atoms with Gasteiger partial charge in [-0.1, -0.05) is 13.8 Å². The van der Waals surface area contributed by atoms with Gasteiger partial charge in [-0.05, 0) is 48.7 Å². The van der Waals surface area contributed by atoms with Gasteiger partial charge in [0.25, 0.3) is 0 Å². The topological polar surface area (TPSA) is 62.6 Å². The molecule has 0 unspecified atom stereocenters. The highest BCUT2D eigenvalue weighted by molar-refractivity contribution is 5.82. The summed E-state index contributed by atoms with van der Waals surface area (Å²) < 4.78 is 5.35. The van der Waals surface area contributed by atoms with E-state index in [2.05, 4.69) is 25.2 Å². The molecular weight excluding hydrogens is 292 g/mol. The van der Waals surface area contributed by atoms with Crippen LogP contribution in [0.5, 0.6) is 0 Å². The molecular formula is C18H24N2O3. The number of rotatable bonds is 5.